The minimum Gasteiger partial charge on any atom is -0.339 e. The van der Waals surface area contributed by atoms with Gasteiger partial charge in [-0.1, -0.05) is 18.2 Å². The van der Waals surface area contributed by atoms with Crippen LogP contribution in [0.4, 0.5) is 11.5 Å². The zero-order valence-electron chi connectivity index (χ0n) is 8.38. The fourth-order valence-electron chi connectivity index (χ4n) is 1.46. The van der Waals surface area contributed by atoms with Gasteiger partial charge < -0.3 is 5.32 Å². The Balaban J connectivity index is 1.94. The van der Waals surface area contributed by atoms with E-state index in [9.17, 15) is 0 Å². The van der Waals surface area contributed by atoms with E-state index in [1.807, 2.05) is 30.3 Å². The van der Waals surface area contributed by atoms with E-state index in [4.69, 9.17) is 0 Å². The van der Waals surface area contributed by atoms with E-state index in [-0.39, 0.29) is 0 Å². The number of H-pyrrole nitrogens is 1. The molecular weight excluding hydrogens is 202 g/mol. The molecule has 2 aromatic heterocycles. The molecular formula is C11H9N5. The number of nitrogens with one attached hydrogen (secondary N) is 2. The number of hydrogen-bond acceptors (Lipinski definition) is 4. The van der Waals surface area contributed by atoms with E-state index < -0.39 is 0 Å². The second kappa shape index (κ2) is 3.62. The molecule has 1 aromatic carbocycles. The van der Waals surface area contributed by atoms with Crippen molar-refractivity contribution < 1.29 is 0 Å². The first kappa shape index (κ1) is 8.84. The molecule has 0 aliphatic heterocycles. The summed E-state index contributed by atoms with van der Waals surface area (Å²) in [6.45, 7) is 0. The summed E-state index contributed by atoms with van der Waals surface area (Å²) >= 11 is 0. The lowest BCUT2D eigenvalue weighted by Crippen LogP contribution is -1.94. The zero-order chi connectivity index (χ0) is 10.8. The van der Waals surface area contributed by atoms with Crippen molar-refractivity contribution in [3.63, 3.8) is 0 Å². The number of anilines is 2. The normalized spacial score (nSPS) is 10.5. The lowest BCUT2D eigenvalue weighted by molar-refractivity contribution is 1.10. The molecule has 0 unspecified atom stereocenters. The monoisotopic (exact) mass is 211 g/mol. The van der Waals surface area contributed by atoms with Crippen LogP contribution in [0.3, 0.4) is 0 Å². The highest BCUT2D eigenvalue weighted by atomic mass is 15.2. The van der Waals surface area contributed by atoms with Gasteiger partial charge in [-0.15, -0.1) is 0 Å². The van der Waals surface area contributed by atoms with E-state index in [1.165, 1.54) is 0 Å². The van der Waals surface area contributed by atoms with Crippen molar-refractivity contribution in [2.75, 3.05) is 5.32 Å². The molecule has 0 aliphatic carbocycles. The summed E-state index contributed by atoms with van der Waals surface area (Å²) in [6.07, 6.45) is 3.33. The van der Waals surface area contributed by atoms with Crippen LogP contribution >= 0.6 is 0 Å². The number of hydrogen-bond donors (Lipinski definition) is 2. The first-order valence-corrected chi connectivity index (χ1v) is 4.90. The van der Waals surface area contributed by atoms with Gasteiger partial charge in [0.25, 0.3) is 0 Å². The van der Waals surface area contributed by atoms with Crippen LogP contribution < -0.4 is 5.32 Å². The molecule has 0 aliphatic rings. The van der Waals surface area contributed by atoms with Crippen LogP contribution in [0.15, 0.2) is 42.7 Å². The topological polar surface area (TPSA) is 66.5 Å². The first-order valence-electron chi connectivity index (χ1n) is 4.90. The van der Waals surface area contributed by atoms with Crippen molar-refractivity contribution >= 4 is 22.7 Å². The maximum Gasteiger partial charge on any atom is 0.174 e. The highest BCUT2D eigenvalue weighted by molar-refractivity contribution is 5.71. The van der Waals surface area contributed by atoms with Crippen LogP contribution in [0.1, 0.15) is 0 Å². The molecule has 3 aromatic rings. The molecule has 0 atom stereocenters. The molecule has 0 saturated carbocycles. The van der Waals surface area contributed by atoms with Crippen LogP contribution in [0.25, 0.3) is 11.2 Å². The summed E-state index contributed by atoms with van der Waals surface area (Å²) in [7, 11) is 0. The van der Waals surface area contributed by atoms with E-state index in [0.717, 1.165) is 11.2 Å². The number of aromatic nitrogens is 4. The van der Waals surface area contributed by atoms with Crippen molar-refractivity contribution in [2.24, 2.45) is 0 Å². The summed E-state index contributed by atoms with van der Waals surface area (Å²) < 4.78 is 0. The highest BCUT2D eigenvalue weighted by Crippen LogP contribution is 2.14. The maximum absolute atomic E-state index is 4.36. The third-order valence-electron chi connectivity index (χ3n) is 2.20. The molecule has 0 amide bonds. The minimum absolute atomic E-state index is 0.693. The number of aromatic amines is 1. The van der Waals surface area contributed by atoms with Crippen LogP contribution in [0, 0.1) is 0 Å². The summed E-state index contributed by atoms with van der Waals surface area (Å²) in [6, 6.07) is 9.84. The van der Waals surface area contributed by atoms with E-state index in [2.05, 4.69) is 25.5 Å². The van der Waals surface area contributed by atoms with Crippen LogP contribution in [0.5, 0.6) is 0 Å². The number of rotatable bonds is 2. The van der Waals surface area contributed by atoms with E-state index in [0.29, 0.717) is 11.5 Å². The third-order valence-corrected chi connectivity index (χ3v) is 2.20. The van der Waals surface area contributed by atoms with Crippen LogP contribution in [-0.2, 0) is 0 Å². The van der Waals surface area contributed by atoms with Gasteiger partial charge in [0, 0.05) is 5.69 Å². The van der Waals surface area contributed by atoms with E-state index >= 15 is 0 Å². The Labute approximate surface area is 91.6 Å². The van der Waals surface area contributed by atoms with Crippen molar-refractivity contribution in [1.29, 1.82) is 0 Å². The highest BCUT2D eigenvalue weighted by Gasteiger charge is 2.00. The smallest absolute Gasteiger partial charge is 0.174 e. The number of benzene rings is 1. The van der Waals surface area contributed by atoms with Crippen molar-refractivity contribution in [3.8, 4) is 0 Å². The van der Waals surface area contributed by atoms with Gasteiger partial charge in [0.05, 0.1) is 12.4 Å². The lowest BCUT2D eigenvalue weighted by Gasteiger charge is -2.03. The van der Waals surface area contributed by atoms with Crippen LogP contribution in [-0.4, -0.2) is 20.2 Å². The predicted octanol–water partition coefficient (Wildman–Crippen LogP) is 2.10. The Morgan fingerprint density at radius 2 is 1.94 bits per heavy atom. The first-order chi connectivity index (χ1) is 7.92. The maximum atomic E-state index is 4.36. The Bertz CT molecular complexity index is 602. The molecule has 2 N–H and O–H groups in total. The largest absolute Gasteiger partial charge is 0.339 e. The fourth-order valence-corrected chi connectivity index (χ4v) is 1.46. The summed E-state index contributed by atoms with van der Waals surface area (Å²) in [5, 5.41) is 9.80. The Hall–Kier alpha value is -2.43. The second-order valence-electron chi connectivity index (χ2n) is 3.35. The van der Waals surface area contributed by atoms with Gasteiger partial charge in [-0.2, -0.15) is 5.10 Å². The van der Waals surface area contributed by atoms with Gasteiger partial charge >= 0.3 is 0 Å². The molecule has 0 radical (unpaired) electrons. The summed E-state index contributed by atoms with van der Waals surface area (Å²) in [5.41, 5.74) is 2.43. The quantitative estimate of drug-likeness (QED) is 0.681. The molecule has 0 saturated heterocycles. The Kier molecular flexibility index (Phi) is 2.00. The predicted molar refractivity (Wildman–Crippen MR) is 61.4 cm³/mol. The van der Waals surface area contributed by atoms with Gasteiger partial charge in [0.1, 0.15) is 11.3 Å². The number of nitrogens with zero attached hydrogens (tertiary/aromatic N) is 3. The molecule has 3 rings (SSSR count). The number of para-hydroxylation sites is 1. The molecule has 5 heteroatoms. The lowest BCUT2D eigenvalue weighted by atomic mass is 10.3. The Morgan fingerprint density at radius 3 is 2.81 bits per heavy atom. The molecule has 5 nitrogen and oxygen atoms in total. The standard InChI is InChI=1S/C11H9N5/c1-2-4-8(5-3-1)14-10-7-12-11-9(15-10)6-13-16-11/h1-7H,(H,14,15)(H,12,13,16). The SMILES string of the molecule is c1ccc(Nc2cnc3[nH]ncc3n2)cc1. The molecule has 2 heterocycles. The van der Waals surface area contributed by atoms with Crippen molar-refractivity contribution in [1.82, 2.24) is 20.2 Å². The molecule has 16 heavy (non-hydrogen) atoms. The average molecular weight is 211 g/mol. The van der Waals surface area contributed by atoms with Crippen molar-refractivity contribution in [2.45, 2.75) is 0 Å². The minimum atomic E-state index is 0.693. The van der Waals surface area contributed by atoms with E-state index in [1.54, 1.807) is 12.4 Å². The molecule has 0 bridgehead atoms. The van der Waals surface area contributed by atoms with Gasteiger partial charge in [0.15, 0.2) is 5.65 Å². The molecule has 0 fully saturated rings. The molecule has 78 valence electrons. The number of fused-ring (bicyclic) bond motifs is 1. The van der Waals surface area contributed by atoms with Gasteiger partial charge in [-0.25, -0.2) is 9.97 Å². The van der Waals surface area contributed by atoms with Crippen LogP contribution in [0.2, 0.25) is 0 Å². The van der Waals surface area contributed by atoms with Gasteiger partial charge in [-0.3, -0.25) is 5.10 Å². The zero-order valence-corrected chi connectivity index (χ0v) is 8.38. The third kappa shape index (κ3) is 1.58. The summed E-state index contributed by atoms with van der Waals surface area (Å²) in [4.78, 5) is 8.56. The van der Waals surface area contributed by atoms with Gasteiger partial charge in [0.2, 0.25) is 0 Å². The average Bonchev–Trinajstić information content (AvgIpc) is 2.77. The second-order valence-corrected chi connectivity index (χ2v) is 3.35. The Morgan fingerprint density at radius 1 is 1.06 bits per heavy atom. The van der Waals surface area contributed by atoms with Gasteiger partial charge in [-0.05, 0) is 12.1 Å². The van der Waals surface area contributed by atoms with Crippen molar-refractivity contribution in [3.05, 3.63) is 42.7 Å². The summed E-state index contributed by atoms with van der Waals surface area (Å²) in [5.74, 6) is 0.708. The fraction of sp³-hybridized carbons (Fsp3) is 0. The molecule has 0 spiro atoms.